The molecule has 2 unspecified atom stereocenters. The Hall–Kier alpha value is -3.01. The summed E-state index contributed by atoms with van der Waals surface area (Å²) in [5, 5.41) is 11.9. The van der Waals surface area contributed by atoms with Gasteiger partial charge in [0.05, 0.1) is 40.3 Å². The van der Waals surface area contributed by atoms with E-state index in [4.69, 9.17) is 18.9 Å². The summed E-state index contributed by atoms with van der Waals surface area (Å²) in [6.07, 6.45) is 97.9. The van der Waals surface area contributed by atoms with Crippen molar-refractivity contribution in [3.05, 3.63) is 60.8 Å². The van der Waals surface area contributed by atoms with Crippen LogP contribution in [0.5, 0.6) is 0 Å². The van der Waals surface area contributed by atoms with Crippen LogP contribution in [0.25, 0.3) is 0 Å². The highest BCUT2D eigenvalue weighted by Gasteiger charge is 2.22. The van der Waals surface area contributed by atoms with Crippen molar-refractivity contribution in [1.29, 1.82) is 0 Å². The largest absolute Gasteiger partial charge is 0.545 e. The Morgan fingerprint density at radius 1 is 0.330 bits per heavy atom. The van der Waals surface area contributed by atoms with Gasteiger partial charge in [-0.25, -0.2) is 0 Å². The number of aliphatic carboxylic acids is 1. The van der Waals surface area contributed by atoms with Gasteiger partial charge in [0, 0.05) is 12.8 Å². The molecular weight excluding hydrogens is 1160 g/mol. The normalized spacial score (nSPS) is 12.9. The maximum Gasteiger partial charge on any atom is 0.306 e. The predicted molar refractivity (Wildman–Crippen MR) is 403 cm³/mol. The minimum Gasteiger partial charge on any atom is -0.545 e. The lowest BCUT2D eigenvalue weighted by Gasteiger charge is -2.26. The SMILES string of the molecule is CC/C=C\C/C=C\C/C=C\C/C=C\C/C=C\CCCCCCCCCCCCCCCCCCCCCCCCCCCC(=O)OC(COC(=O)CCCCCCCCCCCCCCCCCCCCCCCCCCCCCC)COC(OCC[N+](C)(C)C)C(=O)[O-]. The summed E-state index contributed by atoms with van der Waals surface area (Å²) in [6.45, 7) is 4.71. The van der Waals surface area contributed by atoms with Crippen molar-refractivity contribution in [1.82, 2.24) is 0 Å². The number of hydrogen-bond donors (Lipinski definition) is 0. The number of carbonyl (C=O) groups is 3. The zero-order chi connectivity index (χ0) is 68.2. The fourth-order valence-electron chi connectivity index (χ4n) is 12.3. The third kappa shape index (κ3) is 76.4. The average Bonchev–Trinajstić information content (AvgIpc) is 3.42. The number of carbonyl (C=O) groups excluding carboxylic acids is 3. The van der Waals surface area contributed by atoms with Crippen molar-refractivity contribution in [3.63, 3.8) is 0 Å². The first-order valence-corrected chi connectivity index (χ1v) is 40.9. The quantitative estimate of drug-likeness (QED) is 0.0195. The van der Waals surface area contributed by atoms with Crippen LogP contribution in [0.1, 0.15) is 406 Å². The molecule has 0 rings (SSSR count). The number of likely N-dealkylation sites (N-methyl/N-ethyl adjacent to an activating group) is 1. The second-order valence-electron chi connectivity index (χ2n) is 29.0. The fraction of sp³-hybridized carbons (Fsp3) is 0.847. The van der Waals surface area contributed by atoms with Crippen molar-refractivity contribution in [2.24, 2.45) is 0 Å². The van der Waals surface area contributed by atoms with Gasteiger partial charge in [-0.2, -0.15) is 0 Å². The van der Waals surface area contributed by atoms with E-state index in [1.807, 2.05) is 21.1 Å². The van der Waals surface area contributed by atoms with E-state index in [0.717, 1.165) is 70.6 Å². The Morgan fingerprint density at radius 3 is 0.904 bits per heavy atom. The van der Waals surface area contributed by atoms with Gasteiger partial charge in [0.1, 0.15) is 13.2 Å². The first kappa shape index (κ1) is 91.0. The summed E-state index contributed by atoms with van der Waals surface area (Å²) >= 11 is 0. The summed E-state index contributed by atoms with van der Waals surface area (Å²) in [7, 11) is 5.95. The van der Waals surface area contributed by atoms with E-state index >= 15 is 0 Å². The summed E-state index contributed by atoms with van der Waals surface area (Å²) in [4.78, 5) is 37.6. The third-order valence-electron chi connectivity index (χ3n) is 18.5. The van der Waals surface area contributed by atoms with Crippen LogP contribution in [0, 0.1) is 0 Å². The third-order valence-corrected chi connectivity index (χ3v) is 18.5. The molecule has 0 aromatic rings. The Kier molecular flexibility index (Phi) is 73.3. The van der Waals surface area contributed by atoms with Crippen LogP contribution in [0.2, 0.25) is 0 Å². The molecule has 9 heteroatoms. The zero-order valence-electron chi connectivity index (χ0n) is 63.1. The number of carboxylic acids is 1. The standard InChI is InChI=1S/C85H157NO8/c1-6-8-10-12-14-16-18-20-22-24-26-28-30-32-34-36-37-38-39-40-41-42-43-44-45-46-47-48-50-52-54-56-58-60-62-64-66-68-70-72-74-76-83(88)94-81(80-93-85(84(89)90)91-78-77-86(3,4)5)79-92-82(87)75-73-71-69-67-65-63-61-59-57-55-53-51-49-35-33-31-29-27-25-23-21-19-17-15-13-11-9-7-2/h8,10,14,16,20,22,26,28,32,34,81,85H,6-7,9,11-13,15,17-19,21,23-25,27,29-31,33,35-80H2,1-5H3/b10-8-,16-14-,22-20-,28-26-,34-32-. The zero-order valence-corrected chi connectivity index (χ0v) is 63.1. The molecule has 9 nitrogen and oxygen atoms in total. The van der Waals surface area contributed by atoms with Gasteiger partial charge < -0.3 is 33.3 Å². The Balaban J connectivity index is 3.94. The van der Waals surface area contributed by atoms with Gasteiger partial charge in [-0.3, -0.25) is 9.59 Å². The highest BCUT2D eigenvalue weighted by molar-refractivity contribution is 5.70. The predicted octanol–water partition coefficient (Wildman–Crippen LogP) is 24.9. The molecule has 0 amide bonds. The average molecular weight is 1320 g/mol. The Labute approximate surface area is 584 Å². The van der Waals surface area contributed by atoms with Gasteiger partial charge in [-0.15, -0.1) is 0 Å². The van der Waals surface area contributed by atoms with Crippen LogP contribution < -0.4 is 5.11 Å². The number of allylic oxidation sites excluding steroid dienone is 10. The molecule has 2 atom stereocenters. The van der Waals surface area contributed by atoms with E-state index in [0.29, 0.717) is 17.4 Å². The van der Waals surface area contributed by atoms with Crippen molar-refractivity contribution < 1.29 is 42.9 Å². The molecular formula is C85H157NO8. The Bertz CT molecular complexity index is 1730. The Morgan fingerprint density at radius 2 is 0.606 bits per heavy atom. The number of rotatable bonds is 77. The number of carboxylic acid groups (broad SMARTS) is 1. The van der Waals surface area contributed by atoms with E-state index in [2.05, 4.69) is 74.6 Å². The molecule has 0 aliphatic heterocycles. The molecule has 0 aliphatic carbocycles. The second kappa shape index (κ2) is 75.8. The number of hydrogen-bond acceptors (Lipinski definition) is 8. The molecule has 0 bridgehead atoms. The molecule has 0 aromatic carbocycles. The van der Waals surface area contributed by atoms with Gasteiger partial charge in [-0.05, 0) is 57.8 Å². The van der Waals surface area contributed by atoms with E-state index in [1.165, 1.54) is 308 Å². The van der Waals surface area contributed by atoms with Gasteiger partial charge >= 0.3 is 11.9 Å². The van der Waals surface area contributed by atoms with E-state index in [-0.39, 0.29) is 32.2 Å². The molecule has 0 N–H and O–H groups in total. The molecule has 0 radical (unpaired) electrons. The maximum absolute atomic E-state index is 13.0. The minimum atomic E-state index is -1.62. The van der Waals surface area contributed by atoms with Crippen LogP contribution in [-0.2, 0) is 33.3 Å². The second-order valence-corrected chi connectivity index (χ2v) is 29.0. The monoisotopic (exact) mass is 1320 g/mol. The topological polar surface area (TPSA) is 111 Å². The fourth-order valence-corrected chi connectivity index (χ4v) is 12.3. The van der Waals surface area contributed by atoms with Crippen LogP contribution in [0.15, 0.2) is 60.8 Å². The van der Waals surface area contributed by atoms with Crippen molar-refractivity contribution >= 4 is 17.9 Å². The number of unbranched alkanes of at least 4 members (excludes halogenated alkanes) is 52. The van der Waals surface area contributed by atoms with Gasteiger partial charge in [-0.1, -0.05) is 396 Å². The maximum atomic E-state index is 13.0. The number of nitrogens with zero attached hydrogens (tertiary/aromatic N) is 1. The summed E-state index contributed by atoms with van der Waals surface area (Å²) in [6, 6.07) is 0. The molecule has 550 valence electrons. The molecule has 94 heavy (non-hydrogen) atoms. The van der Waals surface area contributed by atoms with Gasteiger partial charge in [0.25, 0.3) is 0 Å². The van der Waals surface area contributed by atoms with Crippen LogP contribution in [0.3, 0.4) is 0 Å². The molecule has 0 aromatic heterocycles. The molecule has 0 fully saturated rings. The van der Waals surface area contributed by atoms with E-state index in [9.17, 15) is 19.5 Å². The molecule has 0 saturated carbocycles. The van der Waals surface area contributed by atoms with Gasteiger partial charge in [0.15, 0.2) is 12.4 Å². The first-order valence-electron chi connectivity index (χ1n) is 40.9. The molecule has 0 saturated heterocycles. The van der Waals surface area contributed by atoms with Crippen LogP contribution in [-0.4, -0.2) is 82.3 Å². The lowest BCUT2D eigenvalue weighted by Crippen LogP contribution is -2.44. The molecule has 0 heterocycles. The van der Waals surface area contributed by atoms with Gasteiger partial charge in [0.2, 0.25) is 0 Å². The van der Waals surface area contributed by atoms with Crippen LogP contribution >= 0.6 is 0 Å². The number of quaternary nitrogens is 1. The number of ether oxygens (including phenoxy) is 4. The summed E-state index contributed by atoms with van der Waals surface area (Å²) in [5.41, 5.74) is 0. The highest BCUT2D eigenvalue weighted by atomic mass is 16.7. The summed E-state index contributed by atoms with van der Waals surface area (Å²) < 4.78 is 22.9. The molecule has 0 spiro atoms. The van der Waals surface area contributed by atoms with Crippen LogP contribution in [0.4, 0.5) is 0 Å². The van der Waals surface area contributed by atoms with E-state index in [1.54, 1.807) is 0 Å². The smallest absolute Gasteiger partial charge is 0.306 e. The lowest BCUT2D eigenvalue weighted by atomic mass is 10.0. The highest BCUT2D eigenvalue weighted by Crippen LogP contribution is 2.20. The minimum absolute atomic E-state index is 0.151. The molecule has 0 aliphatic rings. The first-order chi connectivity index (χ1) is 46.1. The van der Waals surface area contributed by atoms with Crippen molar-refractivity contribution in [2.75, 3.05) is 47.5 Å². The van der Waals surface area contributed by atoms with E-state index < -0.39 is 24.3 Å². The number of esters is 2. The van der Waals surface area contributed by atoms with Crippen molar-refractivity contribution in [2.45, 2.75) is 418 Å². The lowest BCUT2D eigenvalue weighted by molar-refractivity contribution is -0.870. The van der Waals surface area contributed by atoms with Crippen molar-refractivity contribution in [3.8, 4) is 0 Å². The summed E-state index contributed by atoms with van der Waals surface area (Å²) in [5.74, 6) is -2.25.